The van der Waals surface area contributed by atoms with Crippen molar-refractivity contribution in [3.8, 4) is 0 Å². The number of fused-ring (bicyclic) bond motifs is 1. The quantitative estimate of drug-likeness (QED) is 0.291. The molecular formula is C33H46FN5O2. The topological polar surface area (TPSA) is 82.4 Å². The lowest BCUT2D eigenvalue weighted by atomic mass is 9.83. The van der Waals surface area contributed by atoms with E-state index in [9.17, 15) is 14.3 Å². The predicted octanol–water partition coefficient (Wildman–Crippen LogP) is 6.14. The van der Waals surface area contributed by atoms with Crippen molar-refractivity contribution in [2.24, 2.45) is 11.8 Å². The summed E-state index contributed by atoms with van der Waals surface area (Å²) >= 11 is 0. The summed E-state index contributed by atoms with van der Waals surface area (Å²) in [5.41, 5.74) is 2.91. The number of halogens is 1. The summed E-state index contributed by atoms with van der Waals surface area (Å²) in [6.45, 7) is 12.1. The normalized spacial score (nSPS) is 21.0. The van der Waals surface area contributed by atoms with Gasteiger partial charge in [0.2, 0.25) is 5.95 Å². The maximum Gasteiger partial charge on any atom is 0.257 e. The second kappa shape index (κ2) is 12.6. The van der Waals surface area contributed by atoms with Crippen molar-refractivity contribution in [3.05, 3.63) is 59.4 Å². The molecule has 0 radical (unpaired) electrons. The highest BCUT2D eigenvalue weighted by atomic mass is 19.1. The predicted molar refractivity (Wildman–Crippen MR) is 163 cm³/mol. The first-order valence-electron chi connectivity index (χ1n) is 15.3. The van der Waals surface area contributed by atoms with Gasteiger partial charge in [-0.1, -0.05) is 19.9 Å². The molecule has 2 fully saturated rings. The molecule has 3 N–H and O–H groups in total. The number of hydrogen-bond donors (Lipinski definition) is 3. The first kappa shape index (κ1) is 29.7. The number of carbonyl (C=O) groups excluding carboxylic acids is 1. The van der Waals surface area contributed by atoms with E-state index in [1.54, 1.807) is 0 Å². The van der Waals surface area contributed by atoms with Crippen LogP contribution in [0.4, 0.5) is 10.3 Å². The molecule has 0 bridgehead atoms. The van der Waals surface area contributed by atoms with Crippen molar-refractivity contribution in [3.63, 3.8) is 0 Å². The number of amides is 1. The minimum Gasteiger partial charge on any atom is -0.390 e. The van der Waals surface area contributed by atoms with E-state index in [2.05, 4.69) is 52.1 Å². The highest BCUT2D eigenvalue weighted by molar-refractivity contribution is 6.04. The van der Waals surface area contributed by atoms with Crippen molar-refractivity contribution in [2.75, 3.05) is 25.0 Å². The Morgan fingerprint density at radius 1 is 1.05 bits per heavy atom. The van der Waals surface area contributed by atoms with Gasteiger partial charge in [0.15, 0.2) is 0 Å². The molecule has 1 aliphatic carbocycles. The lowest BCUT2D eigenvalue weighted by Gasteiger charge is -2.37. The van der Waals surface area contributed by atoms with E-state index in [1.165, 1.54) is 29.8 Å². The number of rotatable bonds is 9. The van der Waals surface area contributed by atoms with E-state index < -0.39 is 5.60 Å². The Labute approximate surface area is 243 Å². The Kier molecular flexibility index (Phi) is 9.12. The van der Waals surface area contributed by atoms with Gasteiger partial charge in [0.25, 0.3) is 5.91 Å². The molecule has 1 saturated carbocycles. The molecule has 1 amide bonds. The van der Waals surface area contributed by atoms with E-state index >= 15 is 0 Å². The van der Waals surface area contributed by atoms with Crippen molar-refractivity contribution in [1.82, 2.24) is 19.8 Å². The number of hydrogen-bond acceptors (Lipinski definition) is 5. The highest BCUT2D eigenvalue weighted by Gasteiger charge is 2.31. The van der Waals surface area contributed by atoms with Crippen molar-refractivity contribution >= 4 is 22.9 Å². The molecule has 41 heavy (non-hydrogen) atoms. The highest BCUT2D eigenvalue weighted by Crippen LogP contribution is 2.36. The SMILES string of the molecule is CC(C)CNC1CCC(n2c(NC(=O)c3ccc(F)cc3)nc3ccc(CN4CCC(C(C)(C)O)CC4)cc32)CC1. The monoisotopic (exact) mass is 563 g/mol. The Hall–Kier alpha value is -2.81. The third-order valence-electron chi connectivity index (χ3n) is 8.96. The molecule has 7 nitrogen and oxygen atoms in total. The molecular weight excluding hydrogens is 517 g/mol. The van der Waals surface area contributed by atoms with Crippen LogP contribution in [0.15, 0.2) is 42.5 Å². The van der Waals surface area contributed by atoms with E-state index in [4.69, 9.17) is 4.98 Å². The summed E-state index contributed by atoms with van der Waals surface area (Å²) in [5.74, 6) is 0.853. The second-order valence-corrected chi connectivity index (χ2v) is 13.1. The summed E-state index contributed by atoms with van der Waals surface area (Å²) in [4.78, 5) is 20.5. The molecule has 2 aliphatic rings. The van der Waals surface area contributed by atoms with E-state index in [0.29, 0.717) is 29.4 Å². The van der Waals surface area contributed by atoms with Gasteiger partial charge >= 0.3 is 0 Å². The number of nitrogens with zero attached hydrogens (tertiary/aromatic N) is 3. The third-order valence-corrected chi connectivity index (χ3v) is 8.96. The molecule has 2 heterocycles. The molecule has 1 aliphatic heterocycles. The van der Waals surface area contributed by atoms with Gasteiger partial charge in [-0.25, -0.2) is 9.37 Å². The number of likely N-dealkylation sites (tertiary alicyclic amines) is 1. The standard InChI is InChI=1S/C33H46FN5O2/c1-22(2)20-35-27-10-12-28(13-11-27)39-30-19-23(21-38-17-15-25(16-18-38)33(3,4)41)5-14-29(30)36-32(39)37-31(40)24-6-8-26(34)9-7-24/h5-9,14,19,22,25,27-28,35,41H,10-13,15-18,20-21H2,1-4H3,(H,36,37,40). The molecule has 8 heteroatoms. The number of aliphatic hydroxyl groups is 1. The van der Waals surface area contributed by atoms with Gasteiger partial charge in [-0.15, -0.1) is 0 Å². The van der Waals surface area contributed by atoms with Gasteiger partial charge in [0.05, 0.1) is 16.6 Å². The summed E-state index contributed by atoms with van der Waals surface area (Å²) in [7, 11) is 0. The van der Waals surface area contributed by atoms with Crippen LogP contribution in [0.1, 0.15) is 88.2 Å². The average Bonchev–Trinajstić information content (AvgIpc) is 3.29. The average molecular weight is 564 g/mol. The third kappa shape index (κ3) is 7.34. The minimum atomic E-state index is -0.629. The number of aromatic nitrogens is 2. The number of imidazole rings is 1. The fraction of sp³-hybridized carbons (Fsp3) is 0.576. The molecule has 1 saturated heterocycles. The fourth-order valence-corrected chi connectivity index (χ4v) is 6.47. The van der Waals surface area contributed by atoms with Crippen LogP contribution in [0.25, 0.3) is 11.0 Å². The number of nitrogens with one attached hydrogen (secondary N) is 2. The van der Waals surface area contributed by atoms with Crippen LogP contribution >= 0.6 is 0 Å². The Morgan fingerprint density at radius 2 is 1.73 bits per heavy atom. The summed E-state index contributed by atoms with van der Waals surface area (Å²) < 4.78 is 15.7. The van der Waals surface area contributed by atoms with Gasteiger partial charge in [-0.2, -0.15) is 0 Å². The fourth-order valence-electron chi connectivity index (χ4n) is 6.47. The van der Waals surface area contributed by atoms with Gasteiger partial charge in [0, 0.05) is 24.2 Å². The first-order valence-corrected chi connectivity index (χ1v) is 15.3. The smallest absolute Gasteiger partial charge is 0.257 e. The lowest BCUT2D eigenvalue weighted by molar-refractivity contribution is -0.0136. The number of anilines is 1. The van der Waals surface area contributed by atoms with Crippen LogP contribution < -0.4 is 10.6 Å². The molecule has 5 rings (SSSR count). The number of benzene rings is 2. The van der Waals surface area contributed by atoms with E-state index in [1.807, 2.05) is 13.8 Å². The van der Waals surface area contributed by atoms with Crippen LogP contribution in [0, 0.1) is 17.7 Å². The summed E-state index contributed by atoms with van der Waals surface area (Å²) in [5, 5.41) is 17.2. The van der Waals surface area contributed by atoms with E-state index in [-0.39, 0.29) is 17.8 Å². The van der Waals surface area contributed by atoms with Crippen molar-refractivity contribution in [1.29, 1.82) is 0 Å². The summed E-state index contributed by atoms with van der Waals surface area (Å²) in [6.07, 6.45) is 6.18. The van der Waals surface area contributed by atoms with Crippen LogP contribution in [0.2, 0.25) is 0 Å². The van der Waals surface area contributed by atoms with Crippen LogP contribution in [-0.2, 0) is 6.54 Å². The van der Waals surface area contributed by atoms with Gasteiger partial charge in [-0.3, -0.25) is 15.0 Å². The molecule has 222 valence electrons. The summed E-state index contributed by atoms with van der Waals surface area (Å²) in [6, 6.07) is 12.8. The Bertz CT molecular complexity index is 1310. The molecule has 1 aromatic heterocycles. The Balaban J connectivity index is 1.38. The van der Waals surface area contributed by atoms with Gasteiger partial charge < -0.3 is 15.0 Å². The minimum absolute atomic E-state index is 0.235. The maximum absolute atomic E-state index is 13.5. The van der Waals surface area contributed by atoms with Crippen LogP contribution in [0.3, 0.4) is 0 Å². The zero-order valence-electron chi connectivity index (χ0n) is 25.0. The molecule has 0 atom stereocenters. The van der Waals surface area contributed by atoms with Gasteiger partial charge in [0.1, 0.15) is 5.82 Å². The zero-order chi connectivity index (χ0) is 29.1. The first-order chi connectivity index (χ1) is 19.6. The van der Waals surface area contributed by atoms with Crippen molar-refractivity contribution < 1.29 is 14.3 Å². The van der Waals surface area contributed by atoms with Crippen LogP contribution in [0.5, 0.6) is 0 Å². The zero-order valence-corrected chi connectivity index (χ0v) is 25.0. The van der Waals surface area contributed by atoms with E-state index in [0.717, 1.165) is 75.7 Å². The Morgan fingerprint density at radius 3 is 2.37 bits per heavy atom. The molecule has 2 aromatic carbocycles. The number of piperidine rings is 1. The molecule has 0 unspecified atom stereocenters. The van der Waals surface area contributed by atoms with Gasteiger partial charge in [-0.05, 0) is 126 Å². The molecule has 3 aromatic rings. The van der Waals surface area contributed by atoms with Crippen LogP contribution in [-0.4, -0.2) is 56.7 Å². The second-order valence-electron chi connectivity index (χ2n) is 13.1. The number of carbonyl (C=O) groups is 1. The maximum atomic E-state index is 13.5. The largest absolute Gasteiger partial charge is 0.390 e. The molecule has 0 spiro atoms. The van der Waals surface area contributed by atoms with Crippen molar-refractivity contribution in [2.45, 2.75) is 90.4 Å². The lowest BCUT2D eigenvalue weighted by Crippen LogP contribution is -2.41.